The van der Waals surface area contributed by atoms with Gasteiger partial charge in [0.1, 0.15) is 4.90 Å². The minimum atomic E-state index is -3.88. The number of amides is 2. The summed E-state index contributed by atoms with van der Waals surface area (Å²) in [6.07, 6.45) is 0. The number of para-hydroxylation sites is 1. The van der Waals surface area contributed by atoms with Gasteiger partial charge >= 0.3 is 0 Å². The fraction of sp³-hybridized carbons (Fsp3) is 0.167. The van der Waals surface area contributed by atoms with Gasteiger partial charge in [0.05, 0.1) is 17.8 Å². The van der Waals surface area contributed by atoms with Crippen LogP contribution in [0.1, 0.15) is 20.7 Å². The predicted molar refractivity (Wildman–Crippen MR) is 120 cm³/mol. The minimum Gasteiger partial charge on any atom is -0.335 e. The van der Waals surface area contributed by atoms with Gasteiger partial charge < -0.3 is 9.80 Å². The first-order valence-corrected chi connectivity index (χ1v) is 11.8. The van der Waals surface area contributed by atoms with Crippen molar-refractivity contribution in [1.82, 2.24) is 9.62 Å². The van der Waals surface area contributed by atoms with Gasteiger partial charge in [-0.05, 0) is 36.4 Å². The molecule has 7 nitrogen and oxygen atoms in total. The molecular weight excluding hydrogens is 426 g/mol. The van der Waals surface area contributed by atoms with E-state index in [1.54, 1.807) is 71.6 Å². The second-order valence-electron chi connectivity index (χ2n) is 7.88. The smallest absolute Gasteiger partial charge is 0.258 e. The maximum absolute atomic E-state index is 13.6. The van der Waals surface area contributed by atoms with Gasteiger partial charge in [0.2, 0.25) is 10.0 Å². The third kappa shape index (κ3) is 3.47. The van der Waals surface area contributed by atoms with Gasteiger partial charge in [-0.2, -0.15) is 0 Å². The molecule has 2 aliphatic heterocycles. The fourth-order valence-electron chi connectivity index (χ4n) is 4.40. The molecule has 0 bridgehead atoms. The van der Waals surface area contributed by atoms with Crippen molar-refractivity contribution in [1.29, 1.82) is 0 Å². The third-order valence-electron chi connectivity index (χ3n) is 5.89. The minimum absolute atomic E-state index is 0.0552. The van der Waals surface area contributed by atoms with E-state index >= 15 is 0 Å². The quantitative estimate of drug-likeness (QED) is 0.654. The highest BCUT2D eigenvalue weighted by atomic mass is 32.2. The number of fused-ring (bicyclic) bond motifs is 2. The van der Waals surface area contributed by atoms with Crippen molar-refractivity contribution in [3.8, 4) is 0 Å². The summed E-state index contributed by atoms with van der Waals surface area (Å²) in [6.45, 7) is 0.387. The molecule has 2 heterocycles. The van der Waals surface area contributed by atoms with E-state index in [0.29, 0.717) is 16.8 Å². The molecule has 162 valence electrons. The molecule has 0 aliphatic carbocycles. The maximum Gasteiger partial charge on any atom is 0.258 e. The van der Waals surface area contributed by atoms with Crippen LogP contribution in [-0.4, -0.2) is 50.3 Å². The summed E-state index contributed by atoms with van der Waals surface area (Å²) in [7, 11) is -3.88. The Hall–Kier alpha value is -3.49. The second kappa shape index (κ2) is 7.89. The number of hydrogen-bond donors (Lipinski definition) is 1. The van der Waals surface area contributed by atoms with Crippen LogP contribution in [0.3, 0.4) is 0 Å². The molecule has 1 N–H and O–H groups in total. The van der Waals surface area contributed by atoms with Crippen LogP contribution in [0.4, 0.5) is 5.69 Å². The highest BCUT2D eigenvalue weighted by Gasteiger charge is 2.47. The SMILES string of the molecule is O=C(c1ccccc1)N1C[C@@H]2NS(=O)(=O)c3ccccc3N(C(=O)c3ccccc3)[C@H]2C1. The second-order valence-corrected chi connectivity index (χ2v) is 9.56. The first kappa shape index (κ1) is 20.4. The average Bonchev–Trinajstić information content (AvgIpc) is 3.19. The van der Waals surface area contributed by atoms with Gasteiger partial charge in [-0.1, -0.05) is 48.5 Å². The first-order chi connectivity index (χ1) is 15.5. The van der Waals surface area contributed by atoms with Gasteiger partial charge in [0.15, 0.2) is 0 Å². The molecule has 0 radical (unpaired) electrons. The lowest BCUT2D eigenvalue weighted by molar-refractivity contribution is 0.0785. The van der Waals surface area contributed by atoms with Crippen LogP contribution >= 0.6 is 0 Å². The number of benzene rings is 3. The van der Waals surface area contributed by atoms with E-state index in [0.717, 1.165) is 0 Å². The lowest BCUT2D eigenvalue weighted by Gasteiger charge is -2.30. The Labute approximate surface area is 186 Å². The zero-order chi connectivity index (χ0) is 22.3. The molecule has 32 heavy (non-hydrogen) atoms. The fourth-order valence-corrected chi connectivity index (χ4v) is 5.85. The van der Waals surface area contributed by atoms with E-state index in [1.165, 1.54) is 11.0 Å². The Bertz CT molecular complexity index is 1280. The average molecular weight is 448 g/mol. The van der Waals surface area contributed by atoms with Crippen LogP contribution in [0.15, 0.2) is 89.8 Å². The normalized spacial score (nSPS) is 21.4. The predicted octanol–water partition coefficient (Wildman–Crippen LogP) is 2.52. The molecule has 1 saturated heterocycles. The third-order valence-corrected chi connectivity index (χ3v) is 7.43. The van der Waals surface area contributed by atoms with Gasteiger partial charge in [-0.3, -0.25) is 9.59 Å². The van der Waals surface area contributed by atoms with Crippen LogP contribution in [0, 0.1) is 0 Å². The van der Waals surface area contributed by atoms with Crippen molar-refractivity contribution in [3.05, 3.63) is 96.1 Å². The van der Waals surface area contributed by atoms with Crippen LogP contribution in [0.2, 0.25) is 0 Å². The van der Waals surface area contributed by atoms with E-state index in [4.69, 9.17) is 0 Å². The molecule has 5 rings (SSSR count). The van der Waals surface area contributed by atoms with E-state index in [-0.39, 0.29) is 29.8 Å². The van der Waals surface area contributed by atoms with Crippen molar-refractivity contribution in [2.75, 3.05) is 18.0 Å². The molecule has 3 aromatic carbocycles. The topological polar surface area (TPSA) is 86.8 Å². The van der Waals surface area contributed by atoms with E-state index in [9.17, 15) is 18.0 Å². The molecule has 0 saturated carbocycles. The van der Waals surface area contributed by atoms with Crippen LogP contribution < -0.4 is 9.62 Å². The number of anilines is 1. The molecule has 0 aromatic heterocycles. The van der Waals surface area contributed by atoms with Crippen LogP contribution in [-0.2, 0) is 10.0 Å². The number of nitrogens with zero attached hydrogens (tertiary/aromatic N) is 2. The number of nitrogens with one attached hydrogen (secondary N) is 1. The summed E-state index contributed by atoms with van der Waals surface area (Å²) < 4.78 is 29.0. The first-order valence-electron chi connectivity index (χ1n) is 10.3. The van der Waals surface area contributed by atoms with Crippen molar-refractivity contribution in [2.24, 2.45) is 0 Å². The van der Waals surface area contributed by atoms with Crippen molar-refractivity contribution in [2.45, 2.75) is 17.0 Å². The zero-order valence-corrected chi connectivity index (χ0v) is 17.9. The number of likely N-dealkylation sites (tertiary alicyclic amines) is 1. The molecule has 3 aromatic rings. The molecular formula is C24H21N3O4S. The molecule has 2 atom stereocenters. The van der Waals surface area contributed by atoms with Crippen LogP contribution in [0.5, 0.6) is 0 Å². The number of carbonyl (C=O) groups is 2. The molecule has 8 heteroatoms. The standard InChI is InChI=1S/C24H21N3O4S/c28-23(17-9-3-1-4-10-17)26-15-19-21(16-26)27(24(29)18-11-5-2-6-12-18)20-13-7-8-14-22(20)32(30,31)25-19/h1-14,19,21,25H,15-16H2/t19-,21-/m0/s1. The van der Waals surface area contributed by atoms with Gasteiger partial charge in [0.25, 0.3) is 11.8 Å². The zero-order valence-electron chi connectivity index (χ0n) is 17.1. The Kier molecular flexibility index (Phi) is 5.03. The van der Waals surface area contributed by atoms with Crippen LogP contribution in [0.25, 0.3) is 0 Å². The number of carbonyl (C=O) groups excluding carboxylic acids is 2. The van der Waals surface area contributed by atoms with Crippen molar-refractivity contribution >= 4 is 27.5 Å². The molecule has 0 unspecified atom stereocenters. The van der Waals surface area contributed by atoms with E-state index in [1.807, 2.05) is 12.1 Å². The highest BCUT2D eigenvalue weighted by molar-refractivity contribution is 7.89. The largest absolute Gasteiger partial charge is 0.335 e. The molecule has 1 fully saturated rings. The summed E-state index contributed by atoms with van der Waals surface area (Å²) in [4.78, 5) is 29.9. The van der Waals surface area contributed by atoms with Gasteiger partial charge in [-0.15, -0.1) is 0 Å². The summed E-state index contributed by atoms with van der Waals surface area (Å²) >= 11 is 0. The summed E-state index contributed by atoms with van der Waals surface area (Å²) in [5.41, 5.74) is 1.29. The summed E-state index contributed by atoms with van der Waals surface area (Å²) in [6, 6.07) is 22.9. The summed E-state index contributed by atoms with van der Waals surface area (Å²) in [5.74, 6) is -0.501. The lowest BCUT2D eigenvalue weighted by atomic mass is 10.1. The van der Waals surface area contributed by atoms with Gasteiger partial charge in [0, 0.05) is 24.2 Å². The Morgan fingerprint density at radius 2 is 1.31 bits per heavy atom. The van der Waals surface area contributed by atoms with Gasteiger partial charge in [-0.25, -0.2) is 13.1 Å². The molecule has 2 aliphatic rings. The number of rotatable bonds is 2. The van der Waals surface area contributed by atoms with E-state index in [2.05, 4.69) is 4.72 Å². The number of sulfonamides is 1. The molecule has 0 spiro atoms. The Balaban J connectivity index is 1.59. The highest BCUT2D eigenvalue weighted by Crippen LogP contribution is 2.35. The Morgan fingerprint density at radius 1 is 0.750 bits per heavy atom. The van der Waals surface area contributed by atoms with Crippen molar-refractivity contribution in [3.63, 3.8) is 0 Å². The van der Waals surface area contributed by atoms with Crippen molar-refractivity contribution < 1.29 is 18.0 Å². The maximum atomic E-state index is 13.6. The lowest BCUT2D eigenvalue weighted by Crippen LogP contribution is -2.51. The monoisotopic (exact) mass is 447 g/mol. The Morgan fingerprint density at radius 3 is 1.97 bits per heavy atom. The van der Waals surface area contributed by atoms with E-state index < -0.39 is 22.1 Å². The summed E-state index contributed by atoms with van der Waals surface area (Å²) in [5, 5.41) is 0. The molecule has 2 amide bonds. The number of hydrogen-bond acceptors (Lipinski definition) is 4.